The van der Waals surface area contributed by atoms with E-state index in [1.807, 2.05) is 24.3 Å². The zero-order valence-electron chi connectivity index (χ0n) is 32.5. The highest BCUT2D eigenvalue weighted by molar-refractivity contribution is 7.05. The maximum absolute atomic E-state index is 6.81. The maximum atomic E-state index is 6.81. The summed E-state index contributed by atoms with van der Waals surface area (Å²) in [6.07, 6.45) is 4.95. The Morgan fingerprint density at radius 2 is 0.912 bits per heavy atom. The Labute approximate surface area is 335 Å². The molecule has 57 heavy (non-hydrogen) atoms. The molecule has 3 aliphatic rings. The number of rotatable bonds is 8. The van der Waals surface area contributed by atoms with Gasteiger partial charge >= 0.3 is 0 Å². The van der Waals surface area contributed by atoms with Crippen LogP contribution in [0.4, 0.5) is 34.1 Å². The summed E-state index contributed by atoms with van der Waals surface area (Å²) in [6.45, 7) is 4.68. The van der Waals surface area contributed by atoms with Crippen LogP contribution in [0.25, 0.3) is 32.7 Å². The Morgan fingerprint density at radius 1 is 0.421 bits per heavy atom. The van der Waals surface area contributed by atoms with Crippen LogP contribution < -0.4 is 29.6 Å². The van der Waals surface area contributed by atoms with Crippen molar-refractivity contribution in [3.63, 3.8) is 0 Å². The molecule has 0 amide bonds. The van der Waals surface area contributed by atoms with Crippen molar-refractivity contribution in [2.75, 3.05) is 9.80 Å². The van der Waals surface area contributed by atoms with Crippen LogP contribution in [0, 0.1) is 0 Å². The van der Waals surface area contributed by atoms with Crippen LogP contribution in [0.15, 0.2) is 158 Å². The second-order valence-electron chi connectivity index (χ2n) is 15.9. The van der Waals surface area contributed by atoms with Gasteiger partial charge in [0.25, 0.3) is 0 Å². The first-order valence-electron chi connectivity index (χ1n) is 20.6. The number of anilines is 6. The molecule has 278 valence electrons. The monoisotopic (exact) mass is 756 g/mol. The van der Waals surface area contributed by atoms with E-state index in [2.05, 4.69) is 157 Å². The summed E-state index contributed by atoms with van der Waals surface area (Å²) in [5.74, 6) is 3.53. The van der Waals surface area contributed by atoms with Crippen molar-refractivity contribution in [1.29, 1.82) is 0 Å². The second-order valence-corrected chi connectivity index (χ2v) is 20.1. The fraction of sp³-hybridized carbons (Fsp3) is 0.154. The molecule has 0 unspecified atom stereocenters. The third-order valence-electron chi connectivity index (χ3n) is 12.6. The van der Waals surface area contributed by atoms with E-state index >= 15 is 0 Å². The Morgan fingerprint density at radius 3 is 1.47 bits per heavy atom. The molecule has 0 radical (unpaired) electrons. The highest BCUT2D eigenvalue weighted by Gasteiger charge is 2.45. The molecule has 8 aromatic rings. The molecule has 0 saturated heterocycles. The van der Waals surface area contributed by atoms with Crippen LogP contribution in [-0.4, -0.2) is 8.07 Å². The van der Waals surface area contributed by atoms with Gasteiger partial charge in [0, 0.05) is 11.4 Å². The van der Waals surface area contributed by atoms with E-state index in [0.29, 0.717) is 0 Å². The Balaban J connectivity index is 1.04. The van der Waals surface area contributed by atoms with Gasteiger partial charge in [0.1, 0.15) is 8.07 Å². The van der Waals surface area contributed by atoms with Gasteiger partial charge in [-0.3, -0.25) is 0 Å². The number of fused-ring (bicyclic) bond motifs is 10. The van der Waals surface area contributed by atoms with Crippen molar-refractivity contribution in [3.8, 4) is 34.1 Å². The second kappa shape index (κ2) is 13.4. The minimum atomic E-state index is -2.02. The van der Waals surface area contributed by atoms with Gasteiger partial charge in [-0.2, -0.15) is 0 Å². The first-order chi connectivity index (χ1) is 28.1. The molecular formula is C52H44N2O2Si. The number of hydrogen-bond donors (Lipinski definition) is 0. The molecule has 8 aromatic carbocycles. The molecule has 4 nitrogen and oxygen atoms in total. The van der Waals surface area contributed by atoms with Gasteiger partial charge in [-0.15, -0.1) is 0 Å². The number of para-hydroxylation sites is 6. The van der Waals surface area contributed by atoms with Crippen LogP contribution in [0.1, 0.15) is 39.5 Å². The molecule has 3 aliphatic heterocycles. The van der Waals surface area contributed by atoms with Gasteiger partial charge in [0.15, 0.2) is 23.0 Å². The minimum Gasteiger partial charge on any atom is -0.453 e. The van der Waals surface area contributed by atoms with Gasteiger partial charge in [-0.25, -0.2) is 0 Å². The first kappa shape index (κ1) is 34.0. The van der Waals surface area contributed by atoms with Crippen LogP contribution in [0.5, 0.6) is 23.0 Å². The molecule has 0 aliphatic carbocycles. The zero-order valence-corrected chi connectivity index (χ0v) is 33.5. The summed E-state index contributed by atoms with van der Waals surface area (Å²) in [6, 6.07) is 60.2. The Hall–Kier alpha value is -6.30. The topological polar surface area (TPSA) is 24.9 Å². The number of hydrogen-bond acceptors (Lipinski definition) is 4. The predicted molar refractivity (Wildman–Crippen MR) is 241 cm³/mol. The summed E-state index contributed by atoms with van der Waals surface area (Å²) < 4.78 is 13.1. The van der Waals surface area contributed by atoms with Crippen molar-refractivity contribution < 1.29 is 9.47 Å². The highest BCUT2D eigenvalue weighted by atomic mass is 28.3. The van der Waals surface area contributed by atoms with Gasteiger partial charge in [-0.1, -0.05) is 124 Å². The quantitative estimate of drug-likeness (QED) is 0.114. The summed E-state index contributed by atoms with van der Waals surface area (Å²) in [4.78, 5) is 4.77. The fourth-order valence-corrected chi connectivity index (χ4v) is 15.7. The summed E-state index contributed by atoms with van der Waals surface area (Å²) in [7, 11) is -2.02. The third kappa shape index (κ3) is 5.25. The fourth-order valence-electron chi connectivity index (χ4n) is 9.91. The number of ether oxygens (including phenoxy) is 2. The molecule has 5 heteroatoms. The molecule has 0 atom stereocenters. The smallest absolute Gasteiger partial charge is 0.152 e. The van der Waals surface area contributed by atoms with Gasteiger partial charge in [-0.05, 0) is 128 Å². The average molecular weight is 757 g/mol. The van der Waals surface area contributed by atoms with E-state index in [1.165, 1.54) is 70.4 Å². The van der Waals surface area contributed by atoms with Gasteiger partial charge in [0.05, 0.1) is 22.7 Å². The molecule has 0 aromatic heterocycles. The molecule has 0 N–H and O–H groups in total. The van der Waals surface area contributed by atoms with Crippen LogP contribution in [0.2, 0.25) is 12.1 Å². The van der Waals surface area contributed by atoms with E-state index in [9.17, 15) is 0 Å². The van der Waals surface area contributed by atoms with Crippen LogP contribution >= 0.6 is 0 Å². The Bertz CT molecular complexity index is 2830. The van der Waals surface area contributed by atoms with Crippen LogP contribution in [-0.2, 0) is 0 Å². The molecular weight excluding hydrogens is 713 g/mol. The van der Waals surface area contributed by atoms with Crippen LogP contribution in [0.3, 0.4) is 0 Å². The number of nitrogens with zero attached hydrogens (tertiary/aromatic N) is 2. The lowest BCUT2D eigenvalue weighted by Gasteiger charge is -2.35. The third-order valence-corrected chi connectivity index (χ3v) is 17.9. The van der Waals surface area contributed by atoms with Crippen molar-refractivity contribution in [3.05, 3.63) is 158 Å². The highest BCUT2D eigenvalue weighted by Crippen LogP contribution is 2.54. The zero-order chi connectivity index (χ0) is 38.1. The average Bonchev–Trinajstić information content (AvgIpc) is 3.52. The predicted octanol–water partition coefficient (Wildman–Crippen LogP) is 14.3. The minimum absolute atomic E-state index is 0.859. The van der Waals surface area contributed by atoms with E-state index in [-0.39, 0.29) is 0 Å². The van der Waals surface area contributed by atoms with E-state index < -0.39 is 8.07 Å². The number of unbranched alkanes of at least 4 members (excludes halogenated alkanes) is 2. The van der Waals surface area contributed by atoms with Crippen molar-refractivity contribution in [2.45, 2.75) is 51.6 Å². The lowest BCUT2D eigenvalue weighted by atomic mass is 9.99. The maximum Gasteiger partial charge on any atom is 0.152 e. The molecule has 11 rings (SSSR count). The molecule has 3 heterocycles. The first-order valence-corrected chi connectivity index (χ1v) is 23.0. The summed E-state index contributed by atoms with van der Waals surface area (Å²) >= 11 is 0. The lowest BCUT2D eigenvalue weighted by Crippen LogP contribution is -2.55. The SMILES string of the molecule is CCCC[Si]1(CCCC)c2ccccc2-c2cc3c(cc21)N(c1ccc2c(ccc4cc(N5c6ccccc6Oc6ccccc65)ccc42)c1)c1ccccc1O3. The van der Waals surface area contributed by atoms with Gasteiger partial charge in [0.2, 0.25) is 0 Å². The number of benzene rings is 8. The lowest BCUT2D eigenvalue weighted by molar-refractivity contribution is 0.477. The van der Waals surface area contributed by atoms with Crippen molar-refractivity contribution in [1.82, 2.24) is 0 Å². The Kier molecular flexibility index (Phi) is 8.00. The van der Waals surface area contributed by atoms with Crippen molar-refractivity contribution in [2.24, 2.45) is 0 Å². The summed E-state index contributed by atoms with van der Waals surface area (Å²) in [5, 5.41) is 8.10. The standard InChI is InChI=1S/C52H44N2O2Si/c1-3-5-29-57(30-6-4-2)51-22-14-7-15-41(51)42-33-50-46(34-52(42)57)54(45-18-10-13-21-49(45)56-50)38-26-28-40-36(32-38)24-23-35-31-37(25-27-39(35)40)53-43-16-8-11-19-47(43)55-48-20-12-9-17-44(48)53/h7-28,31-34H,3-6,29-30H2,1-2H3. The van der Waals surface area contributed by atoms with E-state index in [4.69, 9.17) is 9.47 Å². The normalized spacial score (nSPS) is 14.2. The molecule has 0 spiro atoms. The van der Waals surface area contributed by atoms with E-state index in [1.54, 1.807) is 10.4 Å². The molecule has 0 bridgehead atoms. The van der Waals surface area contributed by atoms with Crippen molar-refractivity contribution >= 4 is 74.1 Å². The van der Waals surface area contributed by atoms with E-state index in [0.717, 1.165) is 57.1 Å². The molecule has 0 fully saturated rings. The largest absolute Gasteiger partial charge is 0.453 e. The molecule has 0 saturated carbocycles. The summed E-state index contributed by atoms with van der Waals surface area (Å²) in [5.41, 5.74) is 9.35. The van der Waals surface area contributed by atoms with Gasteiger partial charge < -0.3 is 19.3 Å².